The lowest BCUT2D eigenvalue weighted by atomic mass is 10.2. The molecule has 2 rings (SSSR count). The molecule has 0 bridgehead atoms. The Morgan fingerprint density at radius 1 is 1.44 bits per heavy atom. The summed E-state index contributed by atoms with van der Waals surface area (Å²) in [6, 6.07) is 0. The predicted molar refractivity (Wildman–Crippen MR) is 71.9 cm³/mol. The third kappa shape index (κ3) is 3.05. The van der Waals surface area contributed by atoms with Gasteiger partial charge in [-0.25, -0.2) is 9.97 Å². The van der Waals surface area contributed by atoms with Crippen LogP contribution in [-0.2, 0) is 11.2 Å². The van der Waals surface area contributed by atoms with E-state index in [-0.39, 0.29) is 0 Å². The van der Waals surface area contributed by atoms with Gasteiger partial charge in [0.05, 0.1) is 9.26 Å². The van der Waals surface area contributed by atoms with Crippen LogP contribution in [0.5, 0.6) is 0 Å². The van der Waals surface area contributed by atoms with Crippen LogP contribution in [0.2, 0.25) is 5.15 Å². The summed E-state index contributed by atoms with van der Waals surface area (Å²) in [4.78, 5) is 8.91. The number of ether oxygens (including phenoxy) is 1. The summed E-state index contributed by atoms with van der Waals surface area (Å²) >= 11 is 8.35. The first-order valence-electron chi connectivity index (χ1n) is 5.43. The van der Waals surface area contributed by atoms with Crippen LogP contribution in [0.4, 0.5) is 0 Å². The molecule has 0 spiro atoms. The van der Waals surface area contributed by atoms with Crippen LogP contribution in [0, 0.1) is 3.57 Å². The molecule has 1 aliphatic carbocycles. The molecule has 1 heterocycles. The largest absolute Gasteiger partial charge is 0.385 e. The second-order valence-electron chi connectivity index (χ2n) is 4.00. The van der Waals surface area contributed by atoms with Crippen molar-refractivity contribution in [3.63, 3.8) is 0 Å². The van der Waals surface area contributed by atoms with Gasteiger partial charge in [0.15, 0.2) is 0 Å². The van der Waals surface area contributed by atoms with Crippen molar-refractivity contribution in [2.75, 3.05) is 13.7 Å². The van der Waals surface area contributed by atoms with E-state index in [1.165, 1.54) is 12.8 Å². The van der Waals surface area contributed by atoms with Crippen LogP contribution in [0.1, 0.15) is 36.7 Å². The molecule has 0 radical (unpaired) electrons. The normalized spacial score (nSPS) is 15.4. The third-order valence-electron chi connectivity index (χ3n) is 2.60. The van der Waals surface area contributed by atoms with Crippen molar-refractivity contribution in [3.05, 3.63) is 20.2 Å². The number of aromatic nitrogens is 2. The van der Waals surface area contributed by atoms with E-state index in [1.807, 2.05) is 0 Å². The molecule has 0 saturated heterocycles. The zero-order chi connectivity index (χ0) is 11.5. The monoisotopic (exact) mass is 352 g/mol. The molecule has 0 N–H and O–H groups in total. The number of rotatable bonds is 5. The van der Waals surface area contributed by atoms with Crippen molar-refractivity contribution in [3.8, 4) is 0 Å². The van der Waals surface area contributed by atoms with E-state index in [4.69, 9.17) is 16.3 Å². The molecule has 0 amide bonds. The number of hydrogen-bond donors (Lipinski definition) is 0. The fraction of sp³-hybridized carbons (Fsp3) is 0.636. The van der Waals surface area contributed by atoms with Crippen LogP contribution in [-0.4, -0.2) is 23.7 Å². The average molecular weight is 353 g/mol. The molecule has 0 aromatic carbocycles. The Kier molecular flexibility index (Phi) is 4.38. The molecule has 1 fully saturated rings. The Hall–Kier alpha value is 0.0600. The van der Waals surface area contributed by atoms with Crippen LogP contribution >= 0.6 is 34.2 Å². The van der Waals surface area contributed by atoms with Gasteiger partial charge in [-0.15, -0.1) is 0 Å². The Labute approximate surface area is 114 Å². The highest BCUT2D eigenvalue weighted by Gasteiger charge is 2.28. The molecule has 3 nitrogen and oxygen atoms in total. The van der Waals surface area contributed by atoms with Gasteiger partial charge in [-0.05, 0) is 41.9 Å². The smallest absolute Gasteiger partial charge is 0.146 e. The van der Waals surface area contributed by atoms with Crippen LogP contribution in [0.25, 0.3) is 0 Å². The minimum absolute atomic E-state index is 0.602. The summed E-state index contributed by atoms with van der Waals surface area (Å²) < 4.78 is 6.04. The van der Waals surface area contributed by atoms with Crippen molar-refractivity contribution in [1.29, 1.82) is 0 Å². The first-order valence-corrected chi connectivity index (χ1v) is 6.88. The Balaban J connectivity index is 2.13. The molecule has 5 heteroatoms. The van der Waals surface area contributed by atoms with Crippen molar-refractivity contribution in [2.24, 2.45) is 0 Å². The topological polar surface area (TPSA) is 35.0 Å². The molecule has 1 saturated carbocycles. The molecular weight excluding hydrogens is 338 g/mol. The summed E-state index contributed by atoms with van der Waals surface area (Å²) in [5, 5.41) is 0.602. The highest BCUT2D eigenvalue weighted by Crippen LogP contribution is 2.42. The molecule has 88 valence electrons. The van der Waals surface area contributed by atoms with Gasteiger partial charge in [0.25, 0.3) is 0 Å². The minimum Gasteiger partial charge on any atom is -0.385 e. The highest BCUT2D eigenvalue weighted by molar-refractivity contribution is 14.1. The highest BCUT2D eigenvalue weighted by atomic mass is 127. The number of methoxy groups -OCH3 is 1. The van der Waals surface area contributed by atoms with E-state index in [1.54, 1.807) is 7.11 Å². The van der Waals surface area contributed by atoms with Crippen LogP contribution in [0.3, 0.4) is 0 Å². The molecule has 1 aromatic rings. The standard InChI is InChI=1S/C11H14ClIN2O/c1-16-6-2-3-8-14-10(7-4-5-7)9(13)11(12)15-8/h7H,2-6H2,1H3. The minimum atomic E-state index is 0.602. The summed E-state index contributed by atoms with van der Waals surface area (Å²) in [7, 11) is 1.71. The Bertz CT molecular complexity index is 382. The molecule has 0 aliphatic heterocycles. The van der Waals surface area contributed by atoms with Gasteiger partial charge >= 0.3 is 0 Å². The quantitative estimate of drug-likeness (QED) is 0.464. The SMILES string of the molecule is COCCCc1nc(Cl)c(I)c(C2CC2)n1. The van der Waals surface area contributed by atoms with Gasteiger partial charge in [0.2, 0.25) is 0 Å². The van der Waals surface area contributed by atoms with Crippen molar-refractivity contribution in [1.82, 2.24) is 9.97 Å². The first-order chi connectivity index (χ1) is 7.72. The average Bonchev–Trinajstić information content (AvgIpc) is 3.07. The van der Waals surface area contributed by atoms with Crippen molar-refractivity contribution < 1.29 is 4.74 Å². The second-order valence-corrected chi connectivity index (χ2v) is 5.44. The van der Waals surface area contributed by atoms with E-state index in [0.717, 1.165) is 34.5 Å². The zero-order valence-electron chi connectivity index (χ0n) is 9.17. The lowest BCUT2D eigenvalue weighted by Crippen LogP contribution is -2.04. The van der Waals surface area contributed by atoms with Crippen molar-refractivity contribution in [2.45, 2.75) is 31.6 Å². The van der Waals surface area contributed by atoms with Gasteiger partial charge in [0, 0.05) is 26.1 Å². The maximum Gasteiger partial charge on any atom is 0.146 e. The lowest BCUT2D eigenvalue weighted by molar-refractivity contribution is 0.194. The summed E-state index contributed by atoms with van der Waals surface area (Å²) in [6.07, 6.45) is 4.25. The maximum absolute atomic E-state index is 6.11. The van der Waals surface area contributed by atoms with Gasteiger partial charge in [0.1, 0.15) is 11.0 Å². The summed E-state index contributed by atoms with van der Waals surface area (Å²) in [5.74, 6) is 1.47. The van der Waals surface area contributed by atoms with Crippen molar-refractivity contribution >= 4 is 34.2 Å². The third-order valence-corrected chi connectivity index (χ3v) is 4.25. The molecular formula is C11H14ClIN2O. The Morgan fingerprint density at radius 2 is 2.19 bits per heavy atom. The van der Waals surface area contributed by atoms with E-state index < -0.39 is 0 Å². The van der Waals surface area contributed by atoms with E-state index in [2.05, 4.69) is 32.6 Å². The van der Waals surface area contributed by atoms with Gasteiger partial charge in [-0.3, -0.25) is 0 Å². The fourth-order valence-corrected chi connectivity index (χ4v) is 2.47. The summed E-state index contributed by atoms with van der Waals surface area (Å²) in [5.41, 5.74) is 1.15. The van der Waals surface area contributed by atoms with Gasteiger partial charge in [-0.2, -0.15) is 0 Å². The number of hydrogen-bond acceptors (Lipinski definition) is 3. The van der Waals surface area contributed by atoms with E-state index in [0.29, 0.717) is 11.1 Å². The number of halogens is 2. The summed E-state index contributed by atoms with van der Waals surface area (Å²) in [6.45, 7) is 0.742. The second kappa shape index (κ2) is 5.60. The molecule has 1 aromatic heterocycles. The van der Waals surface area contributed by atoms with Crippen LogP contribution < -0.4 is 0 Å². The van der Waals surface area contributed by atoms with E-state index >= 15 is 0 Å². The lowest BCUT2D eigenvalue weighted by Gasteiger charge is -2.07. The van der Waals surface area contributed by atoms with E-state index in [9.17, 15) is 0 Å². The van der Waals surface area contributed by atoms with Gasteiger partial charge in [-0.1, -0.05) is 11.6 Å². The first kappa shape index (κ1) is 12.5. The molecule has 0 atom stereocenters. The maximum atomic E-state index is 6.11. The van der Waals surface area contributed by atoms with Crippen LogP contribution in [0.15, 0.2) is 0 Å². The number of nitrogens with zero attached hydrogens (tertiary/aromatic N) is 2. The van der Waals surface area contributed by atoms with Gasteiger partial charge < -0.3 is 4.74 Å². The number of aryl methyl sites for hydroxylation is 1. The Morgan fingerprint density at radius 3 is 2.81 bits per heavy atom. The molecule has 16 heavy (non-hydrogen) atoms. The fourth-order valence-electron chi connectivity index (χ4n) is 1.59. The predicted octanol–water partition coefficient (Wildman–Crippen LogP) is 3.19. The molecule has 1 aliphatic rings. The zero-order valence-corrected chi connectivity index (χ0v) is 12.1. The molecule has 0 unspecified atom stereocenters.